The molecule has 76 valence electrons. The fourth-order valence-corrected chi connectivity index (χ4v) is 1.65. The van der Waals surface area contributed by atoms with Gasteiger partial charge in [0.15, 0.2) is 0 Å². The van der Waals surface area contributed by atoms with E-state index in [0.717, 1.165) is 0 Å². The average Bonchev–Trinajstić information content (AvgIpc) is 2.55. The minimum atomic E-state index is -0.644. The van der Waals surface area contributed by atoms with Crippen LogP contribution in [0.25, 0.3) is 0 Å². The molecule has 0 aliphatic carbocycles. The van der Waals surface area contributed by atoms with Crippen LogP contribution < -0.4 is 0 Å². The third-order valence-electron chi connectivity index (χ3n) is 2.28. The molecule has 6 nitrogen and oxygen atoms in total. The number of β-amino-alcohol motifs (C(OH)–C–C–N with tert-alkyl or cyclic N) is 1. The molecule has 2 rings (SSSR count). The van der Waals surface area contributed by atoms with E-state index in [9.17, 15) is 14.7 Å². The van der Waals surface area contributed by atoms with Crippen LogP contribution in [-0.2, 0) is 9.59 Å². The molecule has 0 aromatic heterocycles. The Kier molecular flexibility index (Phi) is 1.99. The molecule has 14 heavy (non-hydrogen) atoms. The molecule has 1 atom stereocenters. The Labute approximate surface area is 80.8 Å². The van der Waals surface area contributed by atoms with Gasteiger partial charge in [-0.1, -0.05) is 0 Å². The van der Waals surface area contributed by atoms with Gasteiger partial charge in [0.25, 0.3) is 5.91 Å². The van der Waals surface area contributed by atoms with Gasteiger partial charge in [-0.15, -0.1) is 0 Å². The van der Waals surface area contributed by atoms with E-state index in [0.29, 0.717) is 5.96 Å². The van der Waals surface area contributed by atoms with Crippen molar-refractivity contribution in [3.8, 4) is 0 Å². The fourth-order valence-electron chi connectivity index (χ4n) is 1.65. The number of carbonyl (C=O) groups is 2. The lowest BCUT2D eigenvalue weighted by atomic mass is 10.3. The predicted octanol–water partition coefficient (Wildman–Crippen LogP) is -1.59. The van der Waals surface area contributed by atoms with Gasteiger partial charge in [0.2, 0.25) is 11.9 Å². The number of likely N-dealkylation sites (N-methyl/N-ethyl adjacent to an activating group) is 1. The van der Waals surface area contributed by atoms with Crippen LogP contribution in [0.15, 0.2) is 4.99 Å². The topological polar surface area (TPSA) is 73.2 Å². The Bertz CT molecular complexity index is 326. The first kappa shape index (κ1) is 9.14. The van der Waals surface area contributed by atoms with Gasteiger partial charge in [0.05, 0.1) is 19.1 Å². The van der Waals surface area contributed by atoms with Gasteiger partial charge < -0.3 is 10.0 Å². The molecule has 1 N–H and O–H groups in total. The summed E-state index contributed by atoms with van der Waals surface area (Å²) in [6.45, 7) is 0.435. The van der Waals surface area contributed by atoms with Crippen molar-refractivity contribution in [2.75, 3.05) is 20.1 Å². The lowest BCUT2D eigenvalue weighted by Gasteiger charge is -2.21. The van der Waals surface area contributed by atoms with Crippen molar-refractivity contribution in [2.24, 2.45) is 4.99 Å². The van der Waals surface area contributed by atoms with E-state index >= 15 is 0 Å². The maximum atomic E-state index is 11.4. The van der Waals surface area contributed by atoms with Crippen molar-refractivity contribution in [3.05, 3.63) is 0 Å². The number of likely N-dealkylation sites (tertiary alicyclic amines) is 1. The predicted molar refractivity (Wildman–Crippen MR) is 47.4 cm³/mol. The van der Waals surface area contributed by atoms with Crippen LogP contribution in [0.4, 0.5) is 0 Å². The Morgan fingerprint density at radius 2 is 2.21 bits per heavy atom. The molecule has 1 fully saturated rings. The molecule has 0 spiro atoms. The number of rotatable bonds is 0. The van der Waals surface area contributed by atoms with Crippen molar-refractivity contribution >= 4 is 17.8 Å². The van der Waals surface area contributed by atoms with Crippen molar-refractivity contribution in [1.29, 1.82) is 0 Å². The zero-order valence-corrected chi connectivity index (χ0v) is 7.80. The Morgan fingerprint density at radius 3 is 2.64 bits per heavy atom. The fraction of sp³-hybridized carbons (Fsp3) is 0.625. The summed E-state index contributed by atoms with van der Waals surface area (Å²) in [5, 5.41) is 9.26. The quantitative estimate of drug-likeness (QED) is 0.508. The zero-order valence-electron chi connectivity index (χ0n) is 7.80. The standard InChI is InChI=1S/C8H11N3O3/c1-10-4-6(13)9-8(10)11-3-5(12)2-7(11)14/h5,12H,2-4H2,1H3. The van der Waals surface area contributed by atoms with Gasteiger partial charge in [-0.2, -0.15) is 4.99 Å². The Balaban J connectivity index is 2.19. The van der Waals surface area contributed by atoms with E-state index in [1.807, 2.05) is 0 Å². The number of aliphatic hydroxyl groups excluding tert-OH is 1. The van der Waals surface area contributed by atoms with Gasteiger partial charge in [-0.25, -0.2) is 0 Å². The van der Waals surface area contributed by atoms with Gasteiger partial charge in [-0.3, -0.25) is 14.5 Å². The third-order valence-corrected chi connectivity index (χ3v) is 2.28. The van der Waals surface area contributed by atoms with Crippen molar-refractivity contribution in [2.45, 2.75) is 12.5 Å². The van der Waals surface area contributed by atoms with Crippen LogP contribution in [0.1, 0.15) is 6.42 Å². The lowest BCUT2D eigenvalue weighted by molar-refractivity contribution is -0.125. The summed E-state index contributed by atoms with van der Waals surface area (Å²) in [6.07, 6.45) is -0.532. The second-order valence-corrected chi connectivity index (χ2v) is 3.52. The molecular formula is C8H11N3O3. The molecule has 1 unspecified atom stereocenters. The maximum Gasteiger partial charge on any atom is 0.268 e. The normalized spacial score (nSPS) is 27.6. The monoisotopic (exact) mass is 197 g/mol. The van der Waals surface area contributed by atoms with Gasteiger partial charge in [0.1, 0.15) is 6.54 Å². The summed E-state index contributed by atoms with van der Waals surface area (Å²) >= 11 is 0. The number of nitrogens with zero attached hydrogens (tertiary/aromatic N) is 3. The van der Waals surface area contributed by atoms with E-state index in [4.69, 9.17) is 0 Å². The molecule has 0 radical (unpaired) electrons. The number of hydrogen-bond acceptors (Lipinski definition) is 4. The van der Waals surface area contributed by atoms with Crippen LogP contribution in [-0.4, -0.2) is 58.9 Å². The molecule has 0 aromatic carbocycles. The van der Waals surface area contributed by atoms with Crippen LogP contribution >= 0.6 is 0 Å². The first-order valence-electron chi connectivity index (χ1n) is 4.39. The molecule has 0 aromatic rings. The molecule has 2 heterocycles. The summed E-state index contributed by atoms with van der Waals surface area (Å²) in [5.41, 5.74) is 0. The molecule has 0 bridgehead atoms. The highest BCUT2D eigenvalue weighted by Gasteiger charge is 2.35. The molecule has 6 heteroatoms. The number of amides is 2. The first-order chi connectivity index (χ1) is 6.58. The van der Waals surface area contributed by atoms with E-state index in [1.54, 1.807) is 11.9 Å². The number of carbonyl (C=O) groups excluding carboxylic acids is 2. The number of hydrogen-bond donors (Lipinski definition) is 1. The maximum absolute atomic E-state index is 11.4. The number of guanidine groups is 1. The lowest BCUT2D eigenvalue weighted by Crippen LogP contribution is -2.41. The van der Waals surface area contributed by atoms with Crippen LogP contribution in [0.3, 0.4) is 0 Å². The number of aliphatic hydroxyl groups is 1. The minimum Gasteiger partial charge on any atom is -0.391 e. The second-order valence-electron chi connectivity index (χ2n) is 3.52. The van der Waals surface area contributed by atoms with E-state index in [1.165, 1.54) is 4.90 Å². The molecule has 2 amide bonds. The van der Waals surface area contributed by atoms with E-state index in [-0.39, 0.29) is 31.3 Å². The Morgan fingerprint density at radius 1 is 1.50 bits per heavy atom. The van der Waals surface area contributed by atoms with Crippen molar-refractivity contribution < 1.29 is 14.7 Å². The largest absolute Gasteiger partial charge is 0.391 e. The van der Waals surface area contributed by atoms with Gasteiger partial charge >= 0.3 is 0 Å². The molecule has 1 saturated heterocycles. The van der Waals surface area contributed by atoms with E-state index in [2.05, 4.69) is 4.99 Å². The van der Waals surface area contributed by atoms with Crippen molar-refractivity contribution in [3.63, 3.8) is 0 Å². The van der Waals surface area contributed by atoms with Crippen molar-refractivity contribution in [1.82, 2.24) is 9.80 Å². The third kappa shape index (κ3) is 1.37. The zero-order chi connectivity index (χ0) is 10.3. The first-order valence-corrected chi connectivity index (χ1v) is 4.39. The molecular weight excluding hydrogens is 186 g/mol. The average molecular weight is 197 g/mol. The highest BCUT2D eigenvalue weighted by Crippen LogP contribution is 2.15. The molecule has 0 saturated carbocycles. The number of aliphatic imine (C=N–C) groups is 1. The van der Waals surface area contributed by atoms with Gasteiger partial charge in [0, 0.05) is 7.05 Å². The summed E-state index contributed by atoms with van der Waals surface area (Å²) < 4.78 is 0. The highest BCUT2D eigenvalue weighted by molar-refractivity contribution is 6.07. The summed E-state index contributed by atoms with van der Waals surface area (Å²) in [7, 11) is 1.70. The van der Waals surface area contributed by atoms with Gasteiger partial charge in [-0.05, 0) is 0 Å². The summed E-state index contributed by atoms with van der Waals surface area (Å²) in [5.74, 6) is -0.0777. The second kappa shape index (κ2) is 3.06. The van der Waals surface area contributed by atoms with Crippen LogP contribution in [0, 0.1) is 0 Å². The highest BCUT2D eigenvalue weighted by atomic mass is 16.3. The summed E-state index contributed by atoms with van der Waals surface area (Å²) in [4.78, 5) is 29.1. The van der Waals surface area contributed by atoms with Crippen LogP contribution in [0.5, 0.6) is 0 Å². The van der Waals surface area contributed by atoms with E-state index < -0.39 is 6.10 Å². The smallest absolute Gasteiger partial charge is 0.268 e. The minimum absolute atomic E-state index is 0.112. The summed E-state index contributed by atoms with van der Waals surface area (Å²) in [6, 6.07) is 0. The SMILES string of the molecule is CN1CC(=O)N=C1N1CC(O)CC1=O. The Hall–Kier alpha value is -1.43. The molecule has 2 aliphatic heterocycles. The molecule has 2 aliphatic rings. The van der Waals surface area contributed by atoms with Crippen LogP contribution in [0.2, 0.25) is 0 Å².